The van der Waals surface area contributed by atoms with E-state index in [-0.39, 0.29) is 16.8 Å². The lowest BCUT2D eigenvalue weighted by Crippen LogP contribution is -2.40. The van der Waals surface area contributed by atoms with Gasteiger partial charge in [0, 0.05) is 34.3 Å². The molecule has 1 amide bonds. The van der Waals surface area contributed by atoms with Crippen molar-refractivity contribution in [2.24, 2.45) is 0 Å². The van der Waals surface area contributed by atoms with Gasteiger partial charge in [-0.25, -0.2) is 8.42 Å². The van der Waals surface area contributed by atoms with Crippen LogP contribution >= 0.6 is 23.4 Å². The number of amides is 1. The van der Waals surface area contributed by atoms with Crippen molar-refractivity contribution in [3.63, 3.8) is 0 Å². The molecule has 30 heavy (non-hydrogen) atoms. The van der Waals surface area contributed by atoms with Crippen LogP contribution < -0.4 is 5.32 Å². The molecule has 4 rings (SSSR count). The zero-order chi connectivity index (χ0) is 21.3. The minimum absolute atomic E-state index is 0.128. The fourth-order valence-corrected chi connectivity index (χ4v) is 6.41. The van der Waals surface area contributed by atoms with E-state index < -0.39 is 10.0 Å². The summed E-state index contributed by atoms with van der Waals surface area (Å²) in [5, 5.41) is 3.71. The van der Waals surface area contributed by atoms with Gasteiger partial charge >= 0.3 is 0 Å². The van der Waals surface area contributed by atoms with Crippen molar-refractivity contribution in [1.82, 2.24) is 9.62 Å². The highest BCUT2D eigenvalue weighted by molar-refractivity contribution is 7.99. The van der Waals surface area contributed by atoms with Crippen LogP contribution in [0.3, 0.4) is 0 Å². The molecule has 2 aliphatic rings. The van der Waals surface area contributed by atoms with Gasteiger partial charge in [-0.1, -0.05) is 17.7 Å². The Balaban J connectivity index is 1.60. The van der Waals surface area contributed by atoms with Crippen molar-refractivity contribution in [3.8, 4) is 0 Å². The summed E-state index contributed by atoms with van der Waals surface area (Å²) in [4.78, 5) is 14.3. The monoisotopic (exact) mass is 466 g/mol. The zero-order valence-corrected chi connectivity index (χ0v) is 18.9. The van der Waals surface area contributed by atoms with Gasteiger partial charge in [0.05, 0.1) is 24.2 Å². The first-order valence-electron chi connectivity index (χ1n) is 9.78. The summed E-state index contributed by atoms with van der Waals surface area (Å²) >= 11 is 7.91. The number of nitrogens with zero attached hydrogens (tertiary/aromatic N) is 1. The van der Waals surface area contributed by atoms with Crippen LogP contribution in [-0.2, 0) is 14.8 Å². The van der Waals surface area contributed by atoms with Crippen LogP contribution in [0.4, 0.5) is 0 Å². The lowest BCUT2D eigenvalue weighted by Gasteiger charge is -2.27. The number of benzene rings is 2. The van der Waals surface area contributed by atoms with Crippen molar-refractivity contribution in [1.29, 1.82) is 0 Å². The van der Waals surface area contributed by atoms with E-state index in [1.165, 1.54) is 10.4 Å². The van der Waals surface area contributed by atoms with Crippen LogP contribution in [0, 0.1) is 6.92 Å². The smallest absolute Gasteiger partial charge is 0.252 e. The number of hydrogen-bond donors (Lipinski definition) is 1. The number of rotatable bonds is 4. The third-order valence-corrected chi connectivity index (χ3v) is 8.63. The molecule has 2 aromatic carbocycles. The summed E-state index contributed by atoms with van der Waals surface area (Å²) in [5.74, 6) is 0.610. The van der Waals surface area contributed by atoms with Crippen molar-refractivity contribution in [2.45, 2.75) is 29.2 Å². The zero-order valence-electron chi connectivity index (χ0n) is 16.6. The second kappa shape index (κ2) is 8.88. The number of sulfonamides is 1. The Hall–Kier alpha value is -1.58. The molecule has 0 unspecified atom stereocenters. The first kappa shape index (κ1) is 21.6. The quantitative estimate of drug-likeness (QED) is 0.744. The molecule has 0 spiro atoms. The van der Waals surface area contributed by atoms with Crippen molar-refractivity contribution >= 4 is 39.3 Å². The fourth-order valence-electron chi connectivity index (χ4n) is 3.69. The maximum absolute atomic E-state index is 13.1. The molecule has 0 radical (unpaired) electrons. The van der Waals surface area contributed by atoms with Gasteiger partial charge in [-0.15, -0.1) is 11.8 Å². The molecule has 160 valence electrons. The van der Waals surface area contributed by atoms with Crippen LogP contribution in [0.1, 0.15) is 33.9 Å². The van der Waals surface area contributed by atoms with Gasteiger partial charge in [0.15, 0.2) is 0 Å². The first-order chi connectivity index (χ1) is 14.4. The Morgan fingerprint density at radius 1 is 1.20 bits per heavy atom. The van der Waals surface area contributed by atoms with E-state index in [1.54, 1.807) is 23.9 Å². The molecule has 9 heteroatoms. The Kier molecular flexibility index (Phi) is 6.41. The number of hydrogen-bond acceptors (Lipinski definition) is 5. The average molecular weight is 467 g/mol. The van der Waals surface area contributed by atoms with Gasteiger partial charge < -0.3 is 10.1 Å². The number of fused-ring (bicyclic) bond motifs is 1. The molecule has 0 aliphatic carbocycles. The maximum Gasteiger partial charge on any atom is 0.252 e. The normalized spacial score (nSPS) is 19.9. The number of carbonyl (C=O) groups is 1. The number of carbonyl (C=O) groups excluding carboxylic acids is 1. The lowest BCUT2D eigenvalue weighted by atomic mass is 10.0. The van der Waals surface area contributed by atoms with E-state index in [9.17, 15) is 13.2 Å². The molecule has 1 N–H and O–H groups in total. The molecule has 0 bridgehead atoms. The molecule has 2 aromatic rings. The van der Waals surface area contributed by atoms with E-state index in [2.05, 4.69) is 5.32 Å². The Morgan fingerprint density at radius 3 is 2.73 bits per heavy atom. The molecule has 0 aromatic heterocycles. The van der Waals surface area contributed by atoms with Crippen molar-refractivity contribution in [3.05, 3.63) is 58.1 Å². The largest absolute Gasteiger partial charge is 0.379 e. The third kappa shape index (κ3) is 4.38. The molecule has 0 saturated carbocycles. The number of morpholine rings is 1. The minimum atomic E-state index is -3.67. The predicted octanol–water partition coefficient (Wildman–Crippen LogP) is 3.64. The summed E-state index contributed by atoms with van der Waals surface area (Å²) in [6.45, 7) is 3.19. The molecule has 1 atom stereocenters. The van der Waals surface area contributed by atoms with Crippen LogP contribution in [0.15, 0.2) is 46.2 Å². The molecule has 2 heterocycles. The van der Waals surface area contributed by atoms with Gasteiger partial charge in [0.25, 0.3) is 5.91 Å². The molecular formula is C21H23ClN2O4S2. The van der Waals surface area contributed by atoms with Gasteiger partial charge in [0.2, 0.25) is 10.0 Å². The average Bonchev–Trinajstić information content (AvgIpc) is 2.75. The second-order valence-electron chi connectivity index (χ2n) is 7.34. The highest BCUT2D eigenvalue weighted by atomic mass is 35.5. The van der Waals surface area contributed by atoms with E-state index in [4.69, 9.17) is 16.3 Å². The molecule has 2 aliphatic heterocycles. The summed E-state index contributed by atoms with van der Waals surface area (Å²) in [6.07, 6.45) is 0.786. The van der Waals surface area contributed by atoms with Crippen LogP contribution in [0.25, 0.3) is 0 Å². The summed E-state index contributed by atoms with van der Waals surface area (Å²) in [6, 6.07) is 10.3. The number of aryl methyl sites for hydroxylation is 1. The Bertz CT molecular complexity index is 1070. The van der Waals surface area contributed by atoms with Gasteiger partial charge in [-0.3, -0.25) is 4.79 Å². The van der Waals surface area contributed by atoms with Gasteiger partial charge in [-0.2, -0.15) is 4.31 Å². The first-order valence-corrected chi connectivity index (χ1v) is 12.6. The highest BCUT2D eigenvalue weighted by Crippen LogP contribution is 2.37. The standard InChI is InChI=1S/C21H23ClN2O4S2/c1-14-2-4-16(30(26,27)24-7-9-28-10-8-24)13-17(14)21(25)23-19-6-11-29-20-5-3-15(22)12-18(19)20/h2-5,12-13,19H,6-11H2,1H3,(H,23,25)/t19-/m0/s1. The SMILES string of the molecule is Cc1ccc(S(=O)(=O)N2CCOCC2)cc1C(=O)N[C@H]1CCSc2ccc(Cl)cc21. The maximum atomic E-state index is 13.1. The number of thioether (sulfide) groups is 1. The molecular weight excluding hydrogens is 444 g/mol. The van der Waals surface area contributed by atoms with Gasteiger partial charge in [-0.05, 0) is 54.8 Å². The van der Waals surface area contributed by atoms with Gasteiger partial charge in [0.1, 0.15) is 0 Å². The van der Waals surface area contributed by atoms with Crippen molar-refractivity contribution < 1.29 is 17.9 Å². The highest BCUT2D eigenvalue weighted by Gasteiger charge is 2.28. The molecule has 6 nitrogen and oxygen atoms in total. The topological polar surface area (TPSA) is 75.7 Å². The third-order valence-electron chi connectivity index (χ3n) is 5.38. The summed E-state index contributed by atoms with van der Waals surface area (Å²) in [7, 11) is -3.67. The summed E-state index contributed by atoms with van der Waals surface area (Å²) < 4.78 is 32.6. The number of ether oxygens (including phenoxy) is 1. The van der Waals surface area contributed by atoms with Crippen LogP contribution in [0.2, 0.25) is 5.02 Å². The molecule has 1 fully saturated rings. The number of halogens is 1. The van der Waals surface area contributed by atoms with Crippen molar-refractivity contribution in [2.75, 3.05) is 32.1 Å². The molecule has 1 saturated heterocycles. The Labute approximate surface area is 186 Å². The minimum Gasteiger partial charge on any atom is -0.379 e. The van der Waals surface area contributed by atoms with Crippen LogP contribution in [-0.4, -0.2) is 50.7 Å². The van der Waals surface area contributed by atoms with Crippen LogP contribution in [0.5, 0.6) is 0 Å². The summed E-state index contributed by atoms with van der Waals surface area (Å²) in [5.41, 5.74) is 2.10. The predicted molar refractivity (Wildman–Crippen MR) is 118 cm³/mol. The van der Waals surface area contributed by atoms with E-state index >= 15 is 0 Å². The Morgan fingerprint density at radius 2 is 1.97 bits per heavy atom. The lowest BCUT2D eigenvalue weighted by molar-refractivity contribution is 0.0730. The number of nitrogens with one attached hydrogen (secondary N) is 1. The second-order valence-corrected chi connectivity index (χ2v) is 10.8. The van der Waals surface area contributed by atoms with E-state index in [1.807, 2.05) is 25.1 Å². The fraction of sp³-hybridized carbons (Fsp3) is 0.381. The van der Waals surface area contributed by atoms with E-state index in [0.29, 0.717) is 36.9 Å². The van der Waals surface area contributed by atoms with E-state index in [0.717, 1.165) is 28.2 Å².